The fourth-order valence-electron chi connectivity index (χ4n) is 1.60. The molecule has 0 fully saturated rings. The van der Waals surface area contributed by atoms with Crippen molar-refractivity contribution in [2.75, 3.05) is 0 Å². The minimum Gasteiger partial charge on any atom is -0.339 e. The van der Waals surface area contributed by atoms with E-state index >= 15 is 0 Å². The Labute approximate surface area is 106 Å². The molecule has 0 atom stereocenters. The number of aromatic nitrogens is 4. The van der Waals surface area contributed by atoms with Crippen molar-refractivity contribution in [3.8, 4) is 0 Å². The van der Waals surface area contributed by atoms with E-state index in [1.807, 2.05) is 17.7 Å². The lowest BCUT2D eigenvalue weighted by Gasteiger charge is -2.09. The monoisotopic (exact) mass is 249 g/mol. The number of nitrogens with one attached hydrogen (secondary N) is 1. The number of imidazole rings is 1. The summed E-state index contributed by atoms with van der Waals surface area (Å²) in [5, 5.41) is 7.29. The summed E-state index contributed by atoms with van der Waals surface area (Å²) in [4.78, 5) is 8.62. The molecule has 0 bridgehead atoms. The number of aryl methyl sites for hydroxylation is 1. The van der Waals surface area contributed by atoms with E-state index in [0.29, 0.717) is 24.3 Å². The van der Waals surface area contributed by atoms with E-state index in [0.717, 1.165) is 18.8 Å². The second-order valence-electron chi connectivity index (χ2n) is 4.46. The quantitative estimate of drug-likeness (QED) is 0.837. The average molecular weight is 249 g/mol. The van der Waals surface area contributed by atoms with Crippen LogP contribution in [0.4, 0.5) is 0 Å². The lowest BCUT2D eigenvalue weighted by molar-refractivity contribution is 0.375. The van der Waals surface area contributed by atoms with Crippen LogP contribution >= 0.6 is 0 Å². The molecule has 2 aromatic rings. The Morgan fingerprint density at radius 3 is 2.94 bits per heavy atom. The Morgan fingerprint density at radius 2 is 2.28 bits per heavy atom. The van der Waals surface area contributed by atoms with Gasteiger partial charge in [0, 0.05) is 24.9 Å². The number of rotatable bonds is 6. The number of hydrogen-bond acceptors (Lipinski definition) is 5. The first-order chi connectivity index (χ1) is 8.69. The standard InChI is InChI=1S/C12H19N5O/c1-4-12-15-10(16-18-12)8-17-6-5-13-11(17)7-14-9(2)3/h5-6,9,14H,4,7-8H2,1-3H3. The molecule has 98 valence electrons. The molecule has 6 heteroatoms. The van der Waals surface area contributed by atoms with Gasteiger partial charge in [-0.1, -0.05) is 25.9 Å². The zero-order valence-corrected chi connectivity index (χ0v) is 11.1. The summed E-state index contributed by atoms with van der Waals surface area (Å²) < 4.78 is 7.12. The van der Waals surface area contributed by atoms with E-state index in [-0.39, 0.29) is 0 Å². The van der Waals surface area contributed by atoms with Crippen molar-refractivity contribution in [2.45, 2.75) is 46.3 Å². The molecule has 0 aliphatic rings. The lowest BCUT2D eigenvalue weighted by Crippen LogP contribution is -2.24. The highest BCUT2D eigenvalue weighted by Gasteiger charge is 2.08. The Hall–Kier alpha value is -1.69. The molecule has 6 nitrogen and oxygen atoms in total. The minimum absolute atomic E-state index is 0.437. The summed E-state index contributed by atoms with van der Waals surface area (Å²) in [6.07, 6.45) is 4.48. The van der Waals surface area contributed by atoms with Gasteiger partial charge in [-0.3, -0.25) is 0 Å². The Balaban J connectivity index is 2.02. The molecule has 0 spiro atoms. The lowest BCUT2D eigenvalue weighted by atomic mass is 10.4. The Kier molecular flexibility index (Phi) is 4.09. The second kappa shape index (κ2) is 5.77. The summed E-state index contributed by atoms with van der Waals surface area (Å²) in [5.74, 6) is 2.34. The smallest absolute Gasteiger partial charge is 0.226 e. The van der Waals surface area contributed by atoms with Gasteiger partial charge in [-0.25, -0.2) is 4.98 Å². The van der Waals surface area contributed by atoms with Crippen LogP contribution in [0.15, 0.2) is 16.9 Å². The van der Waals surface area contributed by atoms with Gasteiger partial charge >= 0.3 is 0 Å². The maximum absolute atomic E-state index is 5.09. The third-order valence-corrected chi connectivity index (χ3v) is 2.59. The third kappa shape index (κ3) is 3.16. The SMILES string of the molecule is CCc1nc(Cn2ccnc2CNC(C)C)no1. The summed E-state index contributed by atoms with van der Waals surface area (Å²) >= 11 is 0. The second-order valence-corrected chi connectivity index (χ2v) is 4.46. The van der Waals surface area contributed by atoms with Crippen molar-refractivity contribution in [3.05, 3.63) is 29.9 Å². The van der Waals surface area contributed by atoms with Gasteiger partial charge in [0.05, 0.1) is 13.1 Å². The first-order valence-corrected chi connectivity index (χ1v) is 6.24. The molecule has 0 saturated carbocycles. The van der Waals surface area contributed by atoms with Gasteiger partial charge < -0.3 is 14.4 Å². The maximum atomic E-state index is 5.09. The first kappa shape index (κ1) is 12.8. The predicted molar refractivity (Wildman–Crippen MR) is 67.0 cm³/mol. The van der Waals surface area contributed by atoms with Crippen LogP contribution in [0.25, 0.3) is 0 Å². The molecular weight excluding hydrogens is 230 g/mol. The highest BCUT2D eigenvalue weighted by molar-refractivity contribution is 4.97. The van der Waals surface area contributed by atoms with Crippen LogP contribution in [0.1, 0.15) is 38.3 Å². The highest BCUT2D eigenvalue weighted by atomic mass is 16.5. The van der Waals surface area contributed by atoms with Gasteiger partial charge in [0.1, 0.15) is 5.82 Å². The first-order valence-electron chi connectivity index (χ1n) is 6.24. The van der Waals surface area contributed by atoms with Gasteiger partial charge in [-0.15, -0.1) is 0 Å². The molecule has 2 rings (SSSR count). The normalized spacial score (nSPS) is 11.3. The van der Waals surface area contributed by atoms with Crippen LogP contribution in [-0.4, -0.2) is 25.7 Å². The maximum Gasteiger partial charge on any atom is 0.226 e. The van der Waals surface area contributed by atoms with Crippen molar-refractivity contribution >= 4 is 0 Å². The fraction of sp³-hybridized carbons (Fsp3) is 0.583. The zero-order valence-electron chi connectivity index (χ0n) is 11.1. The van der Waals surface area contributed by atoms with Crippen molar-refractivity contribution in [1.82, 2.24) is 25.0 Å². The Bertz CT molecular complexity index is 488. The van der Waals surface area contributed by atoms with Gasteiger partial charge in [0.25, 0.3) is 0 Å². The molecule has 1 N–H and O–H groups in total. The fourth-order valence-corrected chi connectivity index (χ4v) is 1.60. The van der Waals surface area contributed by atoms with Gasteiger partial charge in [0.15, 0.2) is 5.82 Å². The molecule has 0 aliphatic carbocycles. The van der Waals surface area contributed by atoms with Gasteiger partial charge in [-0.2, -0.15) is 4.98 Å². The van der Waals surface area contributed by atoms with E-state index in [1.165, 1.54) is 0 Å². The van der Waals surface area contributed by atoms with Crippen LogP contribution in [0.5, 0.6) is 0 Å². The number of nitrogens with zero attached hydrogens (tertiary/aromatic N) is 4. The molecule has 0 saturated heterocycles. The molecule has 18 heavy (non-hydrogen) atoms. The summed E-state index contributed by atoms with van der Waals surface area (Å²) in [6, 6.07) is 0.437. The summed E-state index contributed by atoms with van der Waals surface area (Å²) in [7, 11) is 0. The van der Waals surface area contributed by atoms with Gasteiger partial charge in [-0.05, 0) is 0 Å². The number of hydrogen-bond donors (Lipinski definition) is 1. The van der Waals surface area contributed by atoms with Crippen LogP contribution in [0.3, 0.4) is 0 Å². The van der Waals surface area contributed by atoms with Crippen LogP contribution < -0.4 is 5.32 Å². The van der Waals surface area contributed by atoms with Crippen LogP contribution in [-0.2, 0) is 19.5 Å². The third-order valence-electron chi connectivity index (χ3n) is 2.59. The molecule has 0 aliphatic heterocycles. The van der Waals surface area contributed by atoms with E-state index in [4.69, 9.17) is 4.52 Å². The molecule has 0 amide bonds. The van der Waals surface area contributed by atoms with Crippen molar-refractivity contribution in [2.24, 2.45) is 0 Å². The summed E-state index contributed by atoms with van der Waals surface area (Å²) in [6.45, 7) is 7.55. The van der Waals surface area contributed by atoms with E-state index in [1.54, 1.807) is 6.20 Å². The largest absolute Gasteiger partial charge is 0.339 e. The minimum atomic E-state index is 0.437. The van der Waals surface area contributed by atoms with E-state index < -0.39 is 0 Å². The van der Waals surface area contributed by atoms with Crippen molar-refractivity contribution in [1.29, 1.82) is 0 Å². The zero-order chi connectivity index (χ0) is 13.0. The van der Waals surface area contributed by atoms with Crippen LogP contribution in [0, 0.1) is 0 Å². The highest BCUT2D eigenvalue weighted by Crippen LogP contribution is 2.04. The molecule has 0 radical (unpaired) electrons. The predicted octanol–water partition coefficient (Wildman–Crippen LogP) is 1.37. The molecule has 2 aromatic heterocycles. The van der Waals surface area contributed by atoms with E-state index in [2.05, 4.69) is 34.3 Å². The summed E-state index contributed by atoms with van der Waals surface area (Å²) in [5.41, 5.74) is 0. The molecule has 0 unspecified atom stereocenters. The molecular formula is C12H19N5O. The van der Waals surface area contributed by atoms with Crippen molar-refractivity contribution < 1.29 is 4.52 Å². The van der Waals surface area contributed by atoms with Crippen LogP contribution in [0.2, 0.25) is 0 Å². The van der Waals surface area contributed by atoms with Crippen molar-refractivity contribution in [3.63, 3.8) is 0 Å². The van der Waals surface area contributed by atoms with Gasteiger partial charge in [0.2, 0.25) is 5.89 Å². The molecule has 2 heterocycles. The average Bonchev–Trinajstić information content (AvgIpc) is 2.96. The Morgan fingerprint density at radius 1 is 1.44 bits per heavy atom. The topological polar surface area (TPSA) is 68.8 Å². The van der Waals surface area contributed by atoms with E-state index in [9.17, 15) is 0 Å². The molecule has 0 aromatic carbocycles.